The smallest absolute Gasteiger partial charge is 0.331 e. The maximum absolute atomic E-state index is 11.4. The third-order valence-electron chi connectivity index (χ3n) is 2.57. The van der Waals surface area contributed by atoms with Crippen molar-refractivity contribution in [1.29, 1.82) is 0 Å². The molecule has 128 valence electrons. The molecule has 0 rings (SSSR count). The highest BCUT2D eigenvalue weighted by atomic mass is 16.7. The van der Waals surface area contributed by atoms with Crippen LogP contribution in [0, 0.1) is 0 Å². The molecular weight excluding hydrogens is 300 g/mol. The molecule has 0 saturated heterocycles. The molecule has 0 atom stereocenters. The van der Waals surface area contributed by atoms with Gasteiger partial charge in [-0.05, 0) is 0 Å². The average molecular weight is 322 g/mol. The molecule has 10 heteroatoms. The van der Waals surface area contributed by atoms with Gasteiger partial charge in [0.05, 0.1) is 0 Å². The van der Waals surface area contributed by atoms with Crippen molar-refractivity contribution in [2.45, 2.75) is 11.8 Å². The number of hydrogen-bond acceptors (Lipinski definition) is 10. The minimum atomic E-state index is -1.56. The molecule has 0 saturated carbocycles. The van der Waals surface area contributed by atoms with Gasteiger partial charge in [0.2, 0.25) is 0 Å². The zero-order valence-corrected chi connectivity index (χ0v) is 13.0. The fourth-order valence-corrected chi connectivity index (χ4v) is 0.978. The summed E-state index contributed by atoms with van der Waals surface area (Å²) < 4.78 is 28.6. The van der Waals surface area contributed by atoms with E-state index in [4.69, 9.17) is 39.9 Å². The predicted octanol–water partition coefficient (Wildman–Crippen LogP) is -1.56. The summed E-state index contributed by atoms with van der Waals surface area (Å²) >= 11 is 0. The number of carbonyl (C=O) groups is 2. The van der Waals surface area contributed by atoms with Crippen molar-refractivity contribution >= 4 is 11.9 Å². The van der Waals surface area contributed by atoms with Crippen molar-refractivity contribution < 1.29 is 38.0 Å². The number of ether oxygens (including phenoxy) is 6. The molecule has 10 nitrogen and oxygen atoms in total. The van der Waals surface area contributed by atoms with Crippen molar-refractivity contribution in [3.63, 3.8) is 0 Å². The van der Waals surface area contributed by atoms with Crippen molar-refractivity contribution in [2.75, 3.05) is 41.7 Å². The Balaban J connectivity index is 4.25. The Kier molecular flexibility index (Phi) is 8.79. The Bertz CT molecular complexity index is 355. The lowest BCUT2D eigenvalue weighted by Gasteiger charge is -2.24. The predicted molar refractivity (Wildman–Crippen MR) is 72.9 cm³/mol. The molecular formula is C12H22N2O8. The monoisotopic (exact) mass is 322 g/mol. The Morgan fingerprint density at radius 2 is 1.05 bits per heavy atom. The quantitative estimate of drug-likeness (QED) is 0.275. The van der Waals surface area contributed by atoms with E-state index in [0.717, 1.165) is 12.2 Å². The molecule has 0 aliphatic rings. The highest BCUT2D eigenvalue weighted by Crippen LogP contribution is 2.04. The van der Waals surface area contributed by atoms with Crippen molar-refractivity contribution in [2.24, 2.45) is 11.5 Å². The molecule has 0 heterocycles. The van der Waals surface area contributed by atoms with Crippen molar-refractivity contribution in [3.8, 4) is 0 Å². The van der Waals surface area contributed by atoms with Crippen LogP contribution in [-0.2, 0) is 38.0 Å². The van der Waals surface area contributed by atoms with Crippen LogP contribution in [0.3, 0.4) is 0 Å². The number of carbonyl (C=O) groups excluding carboxylic acids is 2. The molecule has 0 radical (unpaired) electrons. The first kappa shape index (κ1) is 20.4. The van der Waals surface area contributed by atoms with Crippen molar-refractivity contribution in [3.05, 3.63) is 12.2 Å². The molecule has 0 aliphatic heterocycles. The van der Waals surface area contributed by atoms with E-state index in [1.807, 2.05) is 0 Å². The molecule has 0 fully saturated rings. The van der Waals surface area contributed by atoms with E-state index >= 15 is 0 Å². The largest absolute Gasteiger partial charge is 0.455 e. The molecule has 0 aromatic rings. The van der Waals surface area contributed by atoms with Crippen LogP contribution in [0.25, 0.3) is 0 Å². The van der Waals surface area contributed by atoms with Gasteiger partial charge in [0, 0.05) is 40.6 Å². The van der Waals surface area contributed by atoms with Crippen LogP contribution in [0.2, 0.25) is 0 Å². The van der Waals surface area contributed by atoms with E-state index in [1.165, 1.54) is 28.4 Å². The number of nitrogens with two attached hydrogens (primary N) is 2. The van der Waals surface area contributed by atoms with E-state index in [2.05, 4.69) is 0 Å². The normalized spacial score (nSPS) is 12.5. The summed E-state index contributed by atoms with van der Waals surface area (Å²) in [6.07, 6.45) is 1.71. The summed E-state index contributed by atoms with van der Waals surface area (Å²) in [7, 11) is 5.15. The van der Waals surface area contributed by atoms with Crippen LogP contribution in [0.4, 0.5) is 0 Å². The molecule has 0 amide bonds. The van der Waals surface area contributed by atoms with Gasteiger partial charge in [-0.1, -0.05) is 0 Å². The molecule has 4 N–H and O–H groups in total. The number of methoxy groups -OCH3 is 4. The first-order chi connectivity index (χ1) is 10.2. The van der Waals surface area contributed by atoms with Gasteiger partial charge in [0.15, 0.2) is 13.2 Å². The minimum Gasteiger partial charge on any atom is -0.455 e. The van der Waals surface area contributed by atoms with Gasteiger partial charge in [0.25, 0.3) is 11.8 Å². The second-order valence-electron chi connectivity index (χ2n) is 3.99. The fourth-order valence-electron chi connectivity index (χ4n) is 0.978. The summed E-state index contributed by atoms with van der Waals surface area (Å²) in [6.45, 7) is -0.727. The lowest BCUT2D eigenvalue weighted by Crippen LogP contribution is -2.48. The highest BCUT2D eigenvalue weighted by Gasteiger charge is 2.26. The van der Waals surface area contributed by atoms with Crippen LogP contribution in [0.1, 0.15) is 0 Å². The fraction of sp³-hybridized carbons (Fsp3) is 0.667. The van der Waals surface area contributed by atoms with Crippen LogP contribution in [-0.4, -0.2) is 65.4 Å². The first-order valence-corrected chi connectivity index (χ1v) is 6.04. The lowest BCUT2D eigenvalue weighted by molar-refractivity contribution is -0.229. The Hall–Kier alpha value is -1.56. The zero-order valence-electron chi connectivity index (χ0n) is 13.0. The summed E-state index contributed by atoms with van der Waals surface area (Å²) in [5.41, 5.74) is 11.1. The number of esters is 2. The topological polar surface area (TPSA) is 142 Å². The van der Waals surface area contributed by atoms with Gasteiger partial charge in [-0.2, -0.15) is 0 Å². The second-order valence-corrected chi connectivity index (χ2v) is 3.99. The van der Waals surface area contributed by atoms with E-state index in [1.54, 1.807) is 0 Å². The van der Waals surface area contributed by atoms with Gasteiger partial charge in [-0.3, -0.25) is 11.5 Å². The lowest BCUT2D eigenvalue weighted by atomic mass is 10.4. The van der Waals surface area contributed by atoms with E-state index in [-0.39, 0.29) is 13.2 Å². The average Bonchev–Trinajstić information content (AvgIpc) is 2.55. The molecule has 0 unspecified atom stereocenters. The standard InChI is InChI=1S/C12H22N2O8/c1-17-11(13,18-2)7-21-9(15)5-6-10(16)22-8-12(14,19-3)20-4/h5-6H,7-8,13-14H2,1-4H3/b6-5-. The summed E-state index contributed by atoms with van der Waals surface area (Å²) in [6, 6.07) is 0. The van der Waals surface area contributed by atoms with Crippen LogP contribution >= 0.6 is 0 Å². The number of hydrogen-bond donors (Lipinski definition) is 2. The van der Waals surface area contributed by atoms with Gasteiger partial charge in [0.1, 0.15) is 0 Å². The summed E-state index contributed by atoms with van der Waals surface area (Å²) in [5, 5.41) is 0. The summed E-state index contributed by atoms with van der Waals surface area (Å²) in [4.78, 5) is 22.8. The third-order valence-corrected chi connectivity index (χ3v) is 2.57. The number of rotatable bonds is 10. The second kappa shape index (κ2) is 9.46. The molecule has 0 spiro atoms. The Morgan fingerprint density at radius 1 is 0.773 bits per heavy atom. The van der Waals surface area contributed by atoms with Crippen molar-refractivity contribution in [1.82, 2.24) is 0 Å². The molecule has 0 bridgehead atoms. The van der Waals surface area contributed by atoms with E-state index in [0.29, 0.717) is 0 Å². The van der Waals surface area contributed by atoms with Crippen LogP contribution in [0.5, 0.6) is 0 Å². The molecule has 0 aromatic heterocycles. The molecule has 0 aromatic carbocycles. The first-order valence-electron chi connectivity index (χ1n) is 6.04. The molecule has 22 heavy (non-hydrogen) atoms. The van der Waals surface area contributed by atoms with Gasteiger partial charge in [-0.15, -0.1) is 0 Å². The van der Waals surface area contributed by atoms with E-state index in [9.17, 15) is 9.59 Å². The maximum atomic E-state index is 11.4. The molecule has 0 aliphatic carbocycles. The SMILES string of the molecule is COC(N)(COC(=O)/C=C\C(=O)OCC(N)(OC)OC)OC. The third kappa shape index (κ3) is 7.45. The highest BCUT2D eigenvalue weighted by molar-refractivity contribution is 5.91. The van der Waals surface area contributed by atoms with Gasteiger partial charge >= 0.3 is 11.9 Å². The minimum absolute atomic E-state index is 0.364. The van der Waals surface area contributed by atoms with Gasteiger partial charge in [-0.25, -0.2) is 9.59 Å². The Morgan fingerprint density at radius 3 is 1.27 bits per heavy atom. The van der Waals surface area contributed by atoms with Crippen LogP contribution in [0.15, 0.2) is 12.2 Å². The Labute approximate surface area is 128 Å². The van der Waals surface area contributed by atoms with E-state index < -0.39 is 23.8 Å². The maximum Gasteiger partial charge on any atom is 0.331 e. The summed E-state index contributed by atoms with van der Waals surface area (Å²) in [5.74, 6) is -4.78. The zero-order chi connectivity index (χ0) is 17.2. The van der Waals surface area contributed by atoms with Gasteiger partial charge < -0.3 is 28.4 Å². The van der Waals surface area contributed by atoms with Crippen LogP contribution < -0.4 is 11.5 Å².